The average molecular weight is 270 g/mol. The lowest BCUT2D eigenvalue weighted by molar-refractivity contribution is 0.0733. The van der Waals surface area contributed by atoms with Crippen molar-refractivity contribution in [3.05, 3.63) is 0 Å². The minimum absolute atomic E-state index is 0.367. The predicted molar refractivity (Wildman–Crippen MR) is 82.4 cm³/mol. The van der Waals surface area contributed by atoms with Gasteiger partial charge < -0.3 is 5.32 Å². The number of piperazine rings is 1. The maximum Gasteiger partial charge on any atom is 0.0304 e. The lowest BCUT2D eigenvalue weighted by Gasteiger charge is -2.48. The van der Waals surface area contributed by atoms with E-state index in [0.29, 0.717) is 16.3 Å². The zero-order chi connectivity index (χ0) is 13.2. The molecule has 2 heterocycles. The van der Waals surface area contributed by atoms with Crippen LogP contribution >= 0.6 is 11.8 Å². The Morgan fingerprint density at radius 3 is 2.61 bits per heavy atom. The Balaban J connectivity index is 2.01. The molecule has 0 aromatic heterocycles. The summed E-state index contributed by atoms with van der Waals surface area (Å²) in [6, 6.07) is 0.689. The van der Waals surface area contributed by atoms with E-state index in [2.05, 4.69) is 49.7 Å². The summed E-state index contributed by atoms with van der Waals surface area (Å²) < 4.78 is 0.513. The van der Waals surface area contributed by atoms with Crippen LogP contribution in [0.4, 0.5) is 0 Å². The lowest BCUT2D eigenvalue weighted by atomic mass is 9.88. The molecule has 106 valence electrons. The molecule has 2 rings (SSSR count). The van der Waals surface area contributed by atoms with Gasteiger partial charge >= 0.3 is 0 Å². The molecule has 2 atom stereocenters. The van der Waals surface area contributed by atoms with Gasteiger partial charge in [0.25, 0.3) is 0 Å². The van der Waals surface area contributed by atoms with E-state index >= 15 is 0 Å². The van der Waals surface area contributed by atoms with Crippen LogP contribution in [0.15, 0.2) is 0 Å². The number of nitrogens with zero attached hydrogens (tertiary/aromatic N) is 1. The third-order valence-electron chi connectivity index (χ3n) is 5.09. The number of rotatable bonds is 4. The molecule has 2 fully saturated rings. The van der Waals surface area contributed by atoms with E-state index in [9.17, 15) is 0 Å². The molecule has 1 N–H and O–H groups in total. The van der Waals surface area contributed by atoms with Crippen LogP contribution in [0.25, 0.3) is 0 Å². The van der Waals surface area contributed by atoms with E-state index in [0.717, 1.165) is 6.54 Å². The van der Waals surface area contributed by atoms with Crippen molar-refractivity contribution >= 4 is 11.8 Å². The smallest absolute Gasteiger partial charge is 0.0304 e. The van der Waals surface area contributed by atoms with Crippen LogP contribution in [-0.2, 0) is 0 Å². The minimum atomic E-state index is 0.367. The maximum atomic E-state index is 3.80. The van der Waals surface area contributed by atoms with E-state index in [1.807, 2.05) is 0 Å². The van der Waals surface area contributed by atoms with Crippen LogP contribution in [-0.4, -0.2) is 46.6 Å². The fourth-order valence-electron chi connectivity index (χ4n) is 3.42. The molecular weight excluding hydrogens is 240 g/mol. The van der Waals surface area contributed by atoms with Crippen molar-refractivity contribution in [3.63, 3.8) is 0 Å². The molecule has 0 aliphatic carbocycles. The average Bonchev–Trinajstić information content (AvgIpc) is 2.79. The summed E-state index contributed by atoms with van der Waals surface area (Å²) in [5.74, 6) is 1.36. The van der Waals surface area contributed by atoms with Gasteiger partial charge in [-0.25, -0.2) is 0 Å². The van der Waals surface area contributed by atoms with Crippen LogP contribution in [0.1, 0.15) is 53.4 Å². The van der Waals surface area contributed by atoms with Gasteiger partial charge in [0.1, 0.15) is 0 Å². The van der Waals surface area contributed by atoms with Crippen LogP contribution in [0.3, 0.4) is 0 Å². The molecule has 2 aliphatic heterocycles. The van der Waals surface area contributed by atoms with Crippen molar-refractivity contribution in [1.82, 2.24) is 10.2 Å². The highest BCUT2D eigenvalue weighted by atomic mass is 32.2. The van der Waals surface area contributed by atoms with Crippen molar-refractivity contribution in [2.24, 2.45) is 0 Å². The second-order valence-corrected chi connectivity index (χ2v) is 8.21. The lowest BCUT2D eigenvalue weighted by Crippen LogP contribution is -2.64. The normalized spacial score (nSPS) is 37.0. The monoisotopic (exact) mass is 270 g/mol. The van der Waals surface area contributed by atoms with E-state index in [1.54, 1.807) is 0 Å². The third kappa shape index (κ3) is 3.05. The van der Waals surface area contributed by atoms with Crippen molar-refractivity contribution < 1.29 is 0 Å². The van der Waals surface area contributed by atoms with Crippen molar-refractivity contribution in [2.45, 2.75) is 69.7 Å². The van der Waals surface area contributed by atoms with E-state index < -0.39 is 0 Å². The highest BCUT2D eigenvalue weighted by Gasteiger charge is 2.39. The molecule has 2 nitrogen and oxygen atoms in total. The van der Waals surface area contributed by atoms with Gasteiger partial charge in [-0.15, -0.1) is 0 Å². The molecule has 0 spiro atoms. The summed E-state index contributed by atoms with van der Waals surface area (Å²) in [6.07, 6.45) is 5.31. The maximum absolute atomic E-state index is 3.80. The largest absolute Gasteiger partial charge is 0.308 e. The molecule has 2 aliphatic rings. The van der Waals surface area contributed by atoms with Gasteiger partial charge in [-0.1, -0.05) is 13.8 Å². The summed E-state index contributed by atoms with van der Waals surface area (Å²) in [5.41, 5.74) is 0.367. The van der Waals surface area contributed by atoms with E-state index in [1.165, 1.54) is 44.5 Å². The van der Waals surface area contributed by atoms with Crippen molar-refractivity contribution in [1.29, 1.82) is 0 Å². The van der Waals surface area contributed by atoms with Crippen LogP contribution in [0.2, 0.25) is 0 Å². The highest BCUT2D eigenvalue weighted by molar-refractivity contribution is 8.00. The van der Waals surface area contributed by atoms with Crippen LogP contribution < -0.4 is 5.32 Å². The Morgan fingerprint density at radius 1 is 1.33 bits per heavy atom. The molecule has 2 saturated heterocycles. The fraction of sp³-hybridized carbons (Fsp3) is 1.00. The number of nitrogens with one attached hydrogen (secondary N) is 1. The first-order valence-electron chi connectivity index (χ1n) is 7.65. The zero-order valence-electron chi connectivity index (χ0n) is 12.6. The summed E-state index contributed by atoms with van der Waals surface area (Å²) >= 11 is 2.19. The second kappa shape index (κ2) is 5.72. The van der Waals surface area contributed by atoms with E-state index in [-0.39, 0.29) is 0 Å². The van der Waals surface area contributed by atoms with E-state index in [4.69, 9.17) is 0 Å². The standard InChI is InChI=1S/C15H30N2S/c1-5-15(6-2)12-17(13(3)10-16-15)11-14(4)8-7-9-18-14/h13,16H,5-12H2,1-4H3. The van der Waals surface area contributed by atoms with Crippen molar-refractivity contribution in [3.8, 4) is 0 Å². The first-order chi connectivity index (χ1) is 8.52. The first kappa shape index (κ1) is 14.7. The van der Waals surface area contributed by atoms with Crippen LogP contribution in [0, 0.1) is 0 Å². The molecule has 0 bridgehead atoms. The first-order valence-corrected chi connectivity index (χ1v) is 8.64. The Morgan fingerprint density at radius 2 is 2.06 bits per heavy atom. The van der Waals surface area contributed by atoms with Gasteiger partial charge in [-0.3, -0.25) is 4.90 Å². The Kier molecular flexibility index (Phi) is 4.66. The molecule has 0 saturated carbocycles. The minimum Gasteiger partial charge on any atom is -0.308 e. The Bertz CT molecular complexity index is 268. The summed E-state index contributed by atoms with van der Waals surface area (Å²) in [6.45, 7) is 13.2. The summed E-state index contributed by atoms with van der Waals surface area (Å²) in [7, 11) is 0. The molecule has 0 aromatic rings. The van der Waals surface area contributed by atoms with Gasteiger partial charge in [0.15, 0.2) is 0 Å². The van der Waals surface area contributed by atoms with Gasteiger partial charge in [-0.2, -0.15) is 11.8 Å². The number of hydrogen-bond donors (Lipinski definition) is 1. The van der Waals surface area contributed by atoms with Gasteiger partial charge in [-0.05, 0) is 45.3 Å². The topological polar surface area (TPSA) is 15.3 Å². The van der Waals surface area contributed by atoms with Crippen LogP contribution in [0.5, 0.6) is 0 Å². The second-order valence-electron chi connectivity index (χ2n) is 6.52. The summed E-state index contributed by atoms with van der Waals surface area (Å²) in [4.78, 5) is 2.75. The molecule has 3 heteroatoms. The molecule has 0 amide bonds. The quantitative estimate of drug-likeness (QED) is 0.845. The third-order valence-corrected chi connectivity index (χ3v) is 6.62. The molecule has 2 unspecified atom stereocenters. The molecule has 0 radical (unpaired) electrons. The fourth-order valence-corrected chi connectivity index (χ4v) is 4.75. The van der Waals surface area contributed by atoms with Gasteiger partial charge in [0.05, 0.1) is 0 Å². The number of thioether (sulfide) groups is 1. The predicted octanol–water partition coefficient (Wildman–Crippen LogP) is 3.12. The molecule has 0 aromatic carbocycles. The summed E-state index contributed by atoms with van der Waals surface area (Å²) in [5, 5.41) is 3.80. The zero-order valence-corrected chi connectivity index (χ0v) is 13.4. The highest BCUT2D eigenvalue weighted by Crippen LogP contribution is 2.39. The van der Waals surface area contributed by atoms with Crippen molar-refractivity contribution in [2.75, 3.05) is 25.4 Å². The molecule has 18 heavy (non-hydrogen) atoms. The Labute approximate surface area is 117 Å². The molecular formula is C15H30N2S. The number of hydrogen-bond acceptors (Lipinski definition) is 3. The SMILES string of the molecule is CCC1(CC)CN(CC2(C)CCCS2)C(C)CN1. The Hall–Kier alpha value is 0.270. The van der Waals surface area contributed by atoms with Gasteiger partial charge in [0.2, 0.25) is 0 Å². The van der Waals surface area contributed by atoms with Gasteiger partial charge in [0, 0.05) is 36.0 Å².